The van der Waals surface area contributed by atoms with Gasteiger partial charge in [0, 0.05) is 5.56 Å². The molecule has 0 spiro atoms. The van der Waals surface area contributed by atoms with Gasteiger partial charge in [-0.05, 0) is 48.6 Å². The molecule has 0 aliphatic carbocycles. The number of hydrogen-bond donors (Lipinski definition) is 0. The van der Waals surface area contributed by atoms with Gasteiger partial charge in [0.15, 0.2) is 4.80 Å². The molecular weight excluding hydrogens is 487 g/mol. The first-order chi connectivity index (χ1) is 16.5. The minimum Gasteiger partial charge on any atom is -0.463 e. The van der Waals surface area contributed by atoms with Gasteiger partial charge in [0.2, 0.25) is 0 Å². The van der Waals surface area contributed by atoms with E-state index >= 15 is 0 Å². The summed E-state index contributed by atoms with van der Waals surface area (Å²) in [5, 5.41) is 0.202. The molecule has 1 atom stereocenters. The number of benzene rings is 2. The Hall–Kier alpha value is -3.03. The van der Waals surface area contributed by atoms with Crippen LogP contribution in [0.2, 0.25) is 5.02 Å². The van der Waals surface area contributed by atoms with E-state index in [0.717, 1.165) is 22.5 Å². The zero-order valence-electron chi connectivity index (χ0n) is 20.2. The summed E-state index contributed by atoms with van der Waals surface area (Å²) in [6.45, 7) is 10.0. The molecule has 182 valence electrons. The first-order valence-electron chi connectivity index (χ1n) is 11.3. The molecule has 0 saturated heterocycles. The van der Waals surface area contributed by atoms with Crippen LogP contribution in [0.25, 0.3) is 6.08 Å². The number of rotatable bonds is 4. The fourth-order valence-corrected chi connectivity index (χ4v) is 5.30. The summed E-state index contributed by atoms with van der Waals surface area (Å²) in [6.07, 6.45) is 1.44. The van der Waals surface area contributed by atoms with E-state index in [1.54, 1.807) is 19.9 Å². The highest BCUT2D eigenvalue weighted by molar-refractivity contribution is 7.07. The summed E-state index contributed by atoms with van der Waals surface area (Å²) in [5.41, 5.74) is 2.36. The van der Waals surface area contributed by atoms with Gasteiger partial charge in [0.25, 0.3) is 5.56 Å². The average molecular weight is 513 g/mol. The Morgan fingerprint density at radius 3 is 2.51 bits per heavy atom. The monoisotopic (exact) mass is 512 g/mol. The van der Waals surface area contributed by atoms with Gasteiger partial charge < -0.3 is 4.74 Å². The number of esters is 1. The van der Waals surface area contributed by atoms with Crippen molar-refractivity contribution in [2.45, 2.75) is 46.1 Å². The third-order valence-corrected chi connectivity index (χ3v) is 7.20. The molecule has 3 aromatic rings. The lowest BCUT2D eigenvalue weighted by molar-refractivity contribution is -0.139. The molecule has 0 N–H and O–H groups in total. The summed E-state index contributed by atoms with van der Waals surface area (Å²) in [4.78, 5) is 31.6. The zero-order chi connectivity index (χ0) is 25.5. The summed E-state index contributed by atoms with van der Waals surface area (Å²) in [6, 6.07) is 11.5. The first kappa shape index (κ1) is 25.1. The maximum Gasteiger partial charge on any atom is 0.338 e. The molecular formula is C27H26ClFN2O3S. The number of fused-ring (bicyclic) bond motifs is 1. The Labute approximate surface area is 211 Å². The van der Waals surface area contributed by atoms with Crippen LogP contribution in [0.1, 0.15) is 57.4 Å². The van der Waals surface area contributed by atoms with E-state index in [1.165, 1.54) is 22.8 Å². The van der Waals surface area contributed by atoms with E-state index in [-0.39, 0.29) is 32.7 Å². The van der Waals surface area contributed by atoms with E-state index in [2.05, 4.69) is 25.8 Å². The molecule has 0 amide bonds. The molecule has 2 heterocycles. The fourth-order valence-electron chi connectivity index (χ4n) is 4.05. The number of hydrogen-bond acceptors (Lipinski definition) is 5. The van der Waals surface area contributed by atoms with E-state index in [1.807, 2.05) is 24.3 Å². The summed E-state index contributed by atoms with van der Waals surface area (Å²) in [5.74, 6) is -1.05. The largest absolute Gasteiger partial charge is 0.463 e. The molecule has 35 heavy (non-hydrogen) atoms. The standard InChI is InChI=1S/C27H26ClFN2O3S/c1-6-34-25(33)22-15(2)30-26-31(23(22)16-10-12-17(13-11-16)27(3,4)5)24(32)21(35-26)14-18-19(28)8-7-9-20(18)29/h7-14,23H,6H2,1-5H3/b21-14-. The molecule has 1 unspecified atom stereocenters. The molecule has 8 heteroatoms. The van der Waals surface area contributed by atoms with Crippen LogP contribution >= 0.6 is 22.9 Å². The number of ether oxygens (including phenoxy) is 1. The molecule has 0 fully saturated rings. The minimum absolute atomic E-state index is 0.0539. The van der Waals surface area contributed by atoms with Crippen molar-refractivity contribution in [1.29, 1.82) is 0 Å². The summed E-state index contributed by atoms with van der Waals surface area (Å²) < 4.78 is 21.5. The van der Waals surface area contributed by atoms with Crippen molar-refractivity contribution < 1.29 is 13.9 Å². The molecule has 1 aliphatic heterocycles. The maximum absolute atomic E-state index is 14.4. The third-order valence-electron chi connectivity index (χ3n) is 5.88. The van der Waals surface area contributed by atoms with Crippen molar-refractivity contribution >= 4 is 35.0 Å². The predicted octanol–water partition coefficient (Wildman–Crippen LogP) is 4.89. The van der Waals surface area contributed by atoms with Gasteiger partial charge in [0.05, 0.1) is 33.5 Å². The Morgan fingerprint density at radius 2 is 1.91 bits per heavy atom. The zero-order valence-corrected chi connectivity index (χ0v) is 21.8. The molecule has 5 nitrogen and oxygen atoms in total. The highest BCUT2D eigenvalue weighted by Crippen LogP contribution is 2.32. The SMILES string of the molecule is CCOC(=O)C1=C(C)N=c2s/c(=C\c3c(F)cccc3Cl)c(=O)n2C1c1ccc(C(C)(C)C)cc1. The van der Waals surface area contributed by atoms with Crippen LogP contribution in [0, 0.1) is 5.82 Å². The lowest BCUT2D eigenvalue weighted by Crippen LogP contribution is -2.40. The third kappa shape index (κ3) is 4.75. The maximum atomic E-state index is 14.4. The quantitative estimate of drug-likeness (QED) is 0.468. The molecule has 2 aromatic carbocycles. The van der Waals surface area contributed by atoms with Crippen LogP contribution in [0.15, 0.2) is 63.5 Å². The van der Waals surface area contributed by atoms with E-state index in [9.17, 15) is 14.0 Å². The second-order valence-corrected chi connectivity index (χ2v) is 10.7. The van der Waals surface area contributed by atoms with Gasteiger partial charge in [-0.1, -0.05) is 74.0 Å². The van der Waals surface area contributed by atoms with Crippen molar-refractivity contribution in [3.8, 4) is 0 Å². The van der Waals surface area contributed by atoms with Crippen molar-refractivity contribution in [3.05, 3.63) is 101 Å². The van der Waals surface area contributed by atoms with E-state index in [4.69, 9.17) is 16.3 Å². The average Bonchev–Trinajstić information content (AvgIpc) is 3.09. The normalized spacial score (nSPS) is 16.2. The number of carbonyl (C=O) groups excluding carboxylic acids is 1. The fraction of sp³-hybridized carbons (Fsp3) is 0.296. The van der Waals surface area contributed by atoms with Gasteiger partial charge >= 0.3 is 5.97 Å². The number of carbonyl (C=O) groups is 1. The highest BCUT2D eigenvalue weighted by atomic mass is 35.5. The van der Waals surface area contributed by atoms with Gasteiger partial charge in [-0.25, -0.2) is 14.2 Å². The first-order valence-corrected chi connectivity index (χ1v) is 12.5. The van der Waals surface area contributed by atoms with E-state index < -0.39 is 17.8 Å². The Bertz CT molecular complexity index is 1490. The van der Waals surface area contributed by atoms with Crippen LogP contribution in [0.5, 0.6) is 0 Å². The van der Waals surface area contributed by atoms with Crippen LogP contribution in [0.3, 0.4) is 0 Å². The number of halogens is 2. The Morgan fingerprint density at radius 1 is 1.23 bits per heavy atom. The Kier molecular flexibility index (Phi) is 6.84. The molecule has 1 aliphatic rings. The molecule has 4 rings (SSSR count). The molecule has 1 aromatic heterocycles. The minimum atomic E-state index is -0.724. The predicted molar refractivity (Wildman–Crippen MR) is 137 cm³/mol. The van der Waals surface area contributed by atoms with E-state index in [0.29, 0.717) is 16.1 Å². The number of thiazole rings is 1. The van der Waals surface area contributed by atoms with Crippen LogP contribution < -0.4 is 14.9 Å². The lowest BCUT2D eigenvalue weighted by atomic mass is 9.85. The van der Waals surface area contributed by atoms with Crippen molar-refractivity contribution in [3.63, 3.8) is 0 Å². The topological polar surface area (TPSA) is 60.7 Å². The number of aromatic nitrogens is 1. The van der Waals surface area contributed by atoms with Gasteiger partial charge in [-0.3, -0.25) is 9.36 Å². The smallest absolute Gasteiger partial charge is 0.338 e. The highest BCUT2D eigenvalue weighted by Gasteiger charge is 2.33. The summed E-state index contributed by atoms with van der Waals surface area (Å²) in [7, 11) is 0. The second kappa shape index (κ2) is 9.55. The molecule has 0 bridgehead atoms. The number of allylic oxidation sites excluding steroid dienone is 1. The lowest BCUT2D eigenvalue weighted by Gasteiger charge is -2.26. The second-order valence-electron chi connectivity index (χ2n) is 9.31. The van der Waals surface area contributed by atoms with Crippen LogP contribution in [-0.2, 0) is 14.9 Å². The molecule has 0 radical (unpaired) electrons. The van der Waals surface area contributed by atoms with Crippen molar-refractivity contribution in [1.82, 2.24) is 4.57 Å². The van der Waals surface area contributed by atoms with Gasteiger partial charge in [-0.15, -0.1) is 0 Å². The van der Waals surface area contributed by atoms with Crippen LogP contribution in [0.4, 0.5) is 4.39 Å². The van der Waals surface area contributed by atoms with Crippen LogP contribution in [-0.4, -0.2) is 17.1 Å². The Balaban J connectivity index is 1.96. The van der Waals surface area contributed by atoms with Gasteiger partial charge in [-0.2, -0.15) is 0 Å². The van der Waals surface area contributed by atoms with Crippen molar-refractivity contribution in [2.75, 3.05) is 6.61 Å². The number of nitrogens with zero attached hydrogens (tertiary/aromatic N) is 2. The molecule has 0 saturated carbocycles. The van der Waals surface area contributed by atoms with Gasteiger partial charge in [0.1, 0.15) is 5.82 Å². The van der Waals surface area contributed by atoms with Crippen molar-refractivity contribution in [2.24, 2.45) is 4.99 Å². The summed E-state index contributed by atoms with van der Waals surface area (Å²) >= 11 is 7.32.